The first-order valence-electron chi connectivity index (χ1n) is 7.66. The SMILES string of the molecule is CC(C)(C)OC(=O)N1CCC(c2ccccc2CN)CC1. The van der Waals surface area contributed by atoms with Gasteiger partial charge in [0.1, 0.15) is 5.60 Å². The minimum Gasteiger partial charge on any atom is -0.444 e. The van der Waals surface area contributed by atoms with E-state index in [1.54, 1.807) is 0 Å². The van der Waals surface area contributed by atoms with Crippen LogP contribution in [-0.4, -0.2) is 29.7 Å². The first-order valence-corrected chi connectivity index (χ1v) is 7.66. The van der Waals surface area contributed by atoms with Crippen LogP contribution in [0, 0.1) is 0 Å². The molecule has 1 aliphatic heterocycles. The number of benzene rings is 1. The van der Waals surface area contributed by atoms with Crippen LogP contribution in [0.1, 0.15) is 50.7 Å². The summed E-state index contributed by atoms with van der Waals surface area (Å²) in [5, 5.41) is 0. The third-order valence-electron chi connectivity index (χ3n) is 3.86. The highest BCUT2D eigenvalue weighted by molar-refractivity contribution is 5.68. The van der Waals surface area contributed by atoms with Gasteiger partial charge < -0.3 is 15.4 Å². The van der Waals surface area contributed by atoms with Crippen LogP contribution < -0.4 is 5.73 Å². The highest BCUT2D eigenvalue weighted by Gasteiger charge is 2.28. The van der Waals surface area contributed by atoms with E-state index in [1.165, 1.54) is 11.1 Å². The number of likely N-dealkylation sites (tertiary alicyclic amines) is 1. The molecule has 4 heteroatoms. The second-order valence-electron chi connectivity index (χ2n) is 6.64. The molecule has 2 rings (SSSR count). The summed E-state index contributed by atoms with van der Waals surface area (Å²) in [7, 11) is 0. The molecule has 0 aromatic heterocycles. The predicted molar refractivity (Wildman–Crippen MR) is 84.1 cm³/mol. The zero-order valence-corrected chi connectivity index (χ0v) is 13.3. The lowest BCUT2D eigenvalue weighted by molar-refractivity contribution is 0.0204. The Labute approximate surface area is 127 Å². The summed E-state index contributed by atoms with van der Waals surface area (Å²) in [6.07, 6.45) is 1.74. The van der Waals surface area contributed by atoms with Crippen LogP contribution in [0.25, 0.3) is 0 Å². The van der Waals surface area contributed by atoms with Crippen molar-refractivity contribution in [1.82, 2.24) is 4.90 Å². The molecule has 0 saturated carbocycles. The average molecular weight is 290 g/mol. The maximum atomic E-state index is 12.1. The van der Waals surface area contributed by atoms with E-state index >= 15 is 0 Å². The third-order valence-corrected chi connectivity index (χ3v) is 3.86. The number of carbonyl (C=O) groups excluding carboxylic acids is 1. The van der Waals surface area contributed by atoms with Crippen LogP contribution in [0.4, 0.5) is 4.79 Å². The minimum absolute atomic E-state index is 0.201. The van der Waals surface area contributed by atoms with Crippen molar-refractivity contribution in [3.05, 3.63) is 35.4 Å². The van der Waals surface area contributed by atoms with Crippen LogP contribution in [0.3, 0.4) is 0 Å². The number of nitrogens with two attached hydrogens (primary N) is 1. The number of ether oxygens (including phenoxy) is 1. The van der Waals surface area contributed by atoms with Crippen molar-refractivity contribution in [3.8, 4) is 0 Å². The Balaban J connectivity index is 1.96. The summed E-state index contributed by atoms with van der Waals surface area (Å²) < 4.78 is 5.43. The first-order chi connectivity index (χ1) is 9.90. The lowest BCUT2D eigenvalue weighted by Gasteiger charge is -2.34. The molecule has 4 nitrogen and oxygen atoms in total. The number of nitrogens with zero attached hydrogens (tertiary/aromatic N) is 1. The summed E-state index contributed by atoms with van der Waals surface area (Å²) in [6.45, 7) is 7.76. The monoisotopic (exact) mass is 290 g/mol. The van der Waals surface area contributed by atoms with Gasteiger partial charge in [0.25, 0.3) is 0 Å². The summed E-state index contributed by atoms with van der Waals surface area (Å²) in [5.41, 5.74) is 7.94. The van der Waals surface area contributed by atoms with Crippen molar-refractivity contribution in [2.75, 3.05) is 13.1 Å². The molecule has 0 unspecified atom stereocenters. The zero-order valence-electron chi connectivity index (χ0n) is 13.3. The molecule has 1 amide bonds. The lowest BCUT2D eigenvalue weighted by atomic mass is 9.86. The molecule has 2 N–H and O–H groups in total. The largest absolute Gasteiger partial charge is 0.444 e. The van der Waals surface area contributed by atoms with Gasteiger partial charge in [-0.05, 0) is 50.7 Å². The number of amides is 1. The predicted octanol–water partition coefficient (Wildman–Crippen LogP) is 3.26. The molecule has 1 aromatic rings. The Morgan fingerprint density at radius 3 is 2.48 bits per heavy atom. The van der Waals surface area contributed by atoms with Gasteiger partial charge in [-0.1, -0.05) is 24.3 Å². The fraction of sp³-hybridized carbons (Fsp3) is 0.588. The zero-order chi connectivity index (χ0) is 15.5. The van der Waals surface area contributed by atoms with Gasteiger partial charge in [0, 0.05) is 19.6 Å². The second kappa shape index (κ2) is 6.48. The molecular weight excluding hydrogens is 264 g/mol. The minimum atomic E-state index is -0.430. The van der Waals surface area contributed by atoms with Crippen molar-refractivity contribution in [2.24, 2.45) is 5.73 Å². The summed E-state index contributed by atoms with van der Waals surface area (Å²) in [6, 6.07) is 8.35. The van der Waals surface area contributed by atoms with Crippen molar-refractivity contribution in [1.29, 1.82) is 0 Å². The van der Waals surface area contributed by atoms with E-state index in [9.17, 15) is 4.79 Å². The van der Waals surface area contributed by atoms with Gasteiger partial charge in [-0.3, -0.25) is 0 Å². The fourth-order valence-corrected chi connectivity index (χ4v) is 2.82. The van der Waals surface area contributed by atoms with E-state index in [4.69, 9.17) is 10.5 Å². The van der Waals surface area contributed by atoms with Crippen LogP contribution in [0.5, 0.6) is 0 Å². The molecule has 1 heterocycles. The molecule has 0 radical (unpaired) electrons. The molecule has 0 atom stereocenters. The Kier molecular flexibility index (Phi) is 4.88. The van der Waals surface area contributed by atoms with Gasteiger partial charge in [-0.2, -0.15) is 0 Å². The number of piperidine rings is 1. The lowest BCUT2D eigenvalue weighted by Crippen LogP contribution is -2.41. The molecule has 1 saturated heterocycles. The smallest absolute Gasteiger partial charge is 0.410 e. The second-order valence-corrected chi connectivity index (χ2v) is 6.64. The third kappa shape index (κ3) is 4.21. The quantitative estimate of drug-likeness (QED) is 0.909. The van der Waals surface area contributed by atoms with E-state index in [0.29, 0.717) is 12.5 Å². The van der Waals surface area contributed by atoms with Crippen LogP contribution in [0.2, 0.25) is 0 Å². The molecule has 1 aromatic carbocycles. The molecule has 116 valence electrons. The molecule has 0 spiro atoms. The van der Waals surface area contributed by atoms with Crippen molar-refractivity contribution >= 4 is 6.09 Å². The Hall–Kier alpha value is -1.55. The van der Waals surface area contributed by atoms with Gasteiger partial charge >= 0.3 is 6.09 Å². The molecular formula is C17H26N2O2. The Morgan fingerprint density at radius 1 is 1.29 bits per heavy atom. The van der Waals surface area contributed by atoms with Crippen molar-refractivity contribution in [3.63, 3.8) is 0 Å². The highest BCUT2D eigenvalue weighted by Crippen LogP contribution is 2.30. The molecule has 1 aliphatic rings. The highest BCUT2D eigenvalue weighted by atomic mass is 16.6. The van der Waals surface area contributed by atoms with E-state index < -0.39 is 5.60 Å². The maximum absolute atomic E-state index is 12.1. The number of hydrogen-bond acceptors (Lipinski definition) is 3. The van der Waals surface area contributed by atoms with Gasteiger partial charge in [0.15, 0.2) is 0 Å². The first kappa shape index (κ1) is 15.8. The molecule has 0 aliphatic carbocycles. The topological polar surface area (TPSA) is 55.6 Å². The van der Waals surface area contributed by atoms with E-state index in [2.05, 4.69) is 18.2 Å². The van der Waals surface area contributed by atoms with E-state index in [0.717, 1.165) is 25.9 Å². The van der Waals surface area contributed by atoms with Gasteiger partial charge in [0.2, 0.25) is 0 Å². The van der Waals surface area contributed by atoms with Gasteiger partial charge in [-0.15, -0.1) is 0 Å². The molecule has 0 bridgehead atoms. The van der Waals surface area contributed by atoms with E-state index in [-0.39, 0.29) is 6.09 Å². The van der Waals surface area contributed by atoms with E-state index in [1.807, 2.05) is 31.7 Å². The van der Waals surface area contributed by atoms with Gasteiger partial charge in [0.05, 0.1) is 0 Å². The summed E-state index contributed by atoms with van der Waals surface area (Å²) in [5.74, 6) is 0.489. The standard InChI is InChI=1S/C17H26N2O2/c1-17(2,3)21-16(20)19-10-8-13(9-11-19)15-7-5-4-6-14(15)12-18/h4-7,13H,8-12,18H2,1-3H3. The molecule has 1 fully saturated rings. The number of hydrogen-bond donors (Lipinski definition) is 1. The average Bonchev–Trinajstić information content (AvgIpc) is 2.45. The number of carbonyl (C=O) groups is 1. The fourth-order valence-electron chi connectivity index (χ4n) is 2.82. The van der Waals surface area contributed by atoms with Crippen molar-refractivity contribution < 1.29 is 9.53 Å². The Morgan fingerprint density at radius 2 is 1.90 bits per heavy atom. The van der Waals surface area contributed by atoms with Gasteiger partial charge in [-0.25, -0.2) is 4.79 Å². The van der Waals surface area contributed by atoms with Crippen LogP contribution >= 0.6 is 0 Å². The Bertz CT molecular complexity index is 486. The maximum Gasteiger partial charge on any atom is 0.410 e. The molecule has 21 heavy (non-hydrogen) atoms. The van der Waals surface area contributed by atoms with Crippen LogP contribution in [0.15, 0.2) is 24.3 Å². The van der Waals surface area contributed by atoms with Crippen molar-refractivity contribution in [2.45, 2.75) is 51.7 Å². The normalized spacial score (nSPS) is 16.9. The number of rotatable bonds is 2. The van der Waals surface area contributed by atoms with Crippen LogP contribution in [-0.2, 0) is 11.3 Å². The summed E-state index contributed by atoms with van der Waals surface area (Å²) in [4.78, 5) is 13.9. The summed E-state index contributed by atoms with van der Waals surface area (Å²) >= 11 is 0.